The maximum Gasteiger partial charge on any atom is 0.331 e. The quantitative estimate of drug-likeness (QED) is 0.164. The molecule has 1 rings (SSSR count). The van der Waals surface area contributed by atoms with Crippen LogP contribution in [-0.2, 0) is 16.8 Å². The molecule has 0 aromatic carbocycles. The maximum atomic E-state index is 12.7. The van der Waals surface area contributed by atoms with Crippen molar-refractivity contribution in [2.24, 2.45) is 5.41 Å². The number of aryl methyl sites for hydroxylation is 1. The van der Waals surface area contributed by atoms with Crippen LogP contribution in [0.15, 0.2) is 36.3 Å². The van der Waals surface area contributed by atoms with Gasteiger partial charge < -0.3 is 14.9 Å². The molecule has 1 aromatic heterocycles. The van der Waals surface area contributed by atoms with Crippen LogP contribution in [0.4, 0.5) is 0 Å². The Labute approximate surface area is 207 Å². The number of nitrogens with zero attached hydrogens (tertiary/aromatic N) is 2. The van der Waals surface area contributed by atoms with Crippen LogP contribution in [0, 0.1) is 5.41 Å². The van der Waals surface area contributed by atoms with Crippen LogP contribution in [0.5, 0.6) is 5.88 Å². The van der Waals surface area contributed by atoms with Crippen molar-refractivity contribution >= 4 is 0 Å². The lowest BCUT2D eigenvalue weighted by molar-refractivity contribution is 0.120. The monoisotopic (exact) mass is 478 g/mol. The van der Waals surface area contributed by atoms with E-state index in [-0.39, 0.29) is 23.6 Å². The number of aliphatic hydroxyl groups excluding tert-OH is 1. The Bertz CT molecular complexity index is 769. The van der Waals surface area contributed by atoms with Crippen molar-refractivity contribution in [3.05, 3.63) is 42.0 Å². The predicted molar refractivity (Wildman–Crippen MR) is 141 cm³/mol. The van der Waals surface area contributed by atoms with E-state index in [1.54, 1.807) is 6.08 Å². The van der Waals surface area contributed by atoms with Crippen LogP contribution in [0.2, 0.25) is 0 Å². The van der Waals surface area contributed by atoms with Gasteiger partial charge in [0.2, 0.25) is 5.88 Å². The van der Waals surface area contributed by atoms with Gasteiger partial charge in [-0.2, -0.15) is 0 Å². The lowest BCUT2D eigenvalue weighted by atomic mass is 9.76. The molecule has 196 valence electrons. The van der Waals surface area contributed by atoms with Crippen molar-refractivity contribution < 1.29 is 14.9 Å². The lowest BCUT2D eigenvalue weighted by Gasteiger charge is -2.31. The van der Waals surface area contributed by atoms with E-state index >= 15 is 0 Å². The molecule has 0 bridgehead atoms. The van der Waals surface area contributed by atoms with Crippen LogP contribution in [-0.4, -0.2) is 39.2 Å². The van der Waals surface area contributed by atoms with Gasteiger partial charge in [0.05, 0.1) is 11.7 Å². The second kappa shape index (κ2) is 16.0. The van der Waals surface area contributed by atoms with Gasteiger partial charge in [0.25, 0.3) is 0 Å². The van der Waals surface area contributed by atoms with Crippen molar-refractivity contribution in [1.82, 2.24) is 9.13 Å². The zero-order valence-electron chi connectivity index (χ0n) is 22.1. The summed E-state index contributed by atoms with van der Waals surface area (Å²) >= 11 is 0. The molecule has 6 heteroatoms. The van der Waals surface area contributed by atoms with Gasteiger partial charge in [-0.3, -0.25) is 9.13 Å². The molecule has 2 atom stereocenters. The number of hydrogen-bond donors (Lipinski definition) is 2. The van der Waals surface area contributed by atoms with Gasteiger partial charge in [-0.05, 0) is 70.1 Å². The number of aliphatic hydroxyl groups is 1. The topological polar surface area (TPSA) is 76.6 Å². The summed E-state index contributed by atoms with van der Waals surface area (Å²) in [6, 6.07) is 0. The second-order valence-corrected chi connectivity index (χ2v) is 9.53. The molecule has 0 saturated heterocycles. The third-order valence-corrected chi connectivity index (χ3v) is 7.55. The van der Waals surface area contributed by atoms with E-state index in [0.29, 0.717) is 19.6 Å². The number of rotatable bonds is 21. The van der Waals surface area contributed by atoms with E-state index in [0.717, 1.165) is 77.2 Å². The van der Waals surface area contributed by atoms with Crippen molar-refractivity contribution in [3.8, 4) is 5.88 Å². The average molecular weight is 479 g/mol. The summed E-state index contributed by atoms with van der Waals surface area (Å²) in [6.45, 7) is 16.5. The van der Waals surface area contributed by atoms with Crippen molar-refractivity contribution in [3.63, 3.8) is 0 Å². The van der Waals surface area contributed by atoms with Crippen LogP contribution >= 0.6 is 0 Å². The standard InChI is InChI=1S/C28H50N2O4/c1-6-27(7-2,18-12-11-15-21-31)19-13-16-22-34-23-17-14-20-28(8-3,9-4)30-25(32)24-29(10-5)26(30)33/h6,8,24,31-32H,1,3,7,9-23H2,2,4-5H3. The molecule has 6 nitrogen and oxygen atoms in total. The summed E-state index contributed by atoms with van der Waals surface area (Å²) in [7, 11) is 0. The zero-order chi connectivity index (χ0) is 25.5. The minimum absolute atomic E-state index is 0.000857. The highest BCUT2D eigenvalue weighted by Crippen LogP contribution is 2.36. The van der Waals surface area contributed by atoms with E-state index in [4.69, 9.17) is 9.84 Å². The van der Waals surface area contributed by atoms with E-state index in [2.05, 4.69) is 26.2 Å². The molecule has 0 aliphatic carbocycles. The number of aromatic hydroxyl groups is 1. The third-order valence-electron chi connectivity index (χ3n) is 7.55. The Morgan fingerprint density at radius 3 is 2.00 bits per heavy atom. The molecule has 2 unspecified atom stereocenters. The fourth-order valence-electron chi connectivity index (χ4n) is 4.92. The highest BCUT2D eigenvalue weighted by atomic mass is 16.5. The highest BCUT2D eigenvalue weighted by molar-refractivity contribution is 5.14. The Morgan fingerprint density at radius 2 is 1.53 bits per heavy atom. The molecule has 0 radical (unpaired) electrons. The molecular weight excluding hydrogens is 428 g/mol. The van der Waals surface area contributed by atoms with Gasteiger partial charge in [0.1, 0.15) is 0 Å². The molecule has 2 N–H and O–H groups in total. The molecule has 0 saturated carbocycles. The van der Waals surface area contributed by atoms with Crippen LogP contribution in [0.1, 0.15) is 97.8 Å². The number of hydrogen-bond acceptors (Lipinski definition) is 4. The van der Waals surface area contributed by atoms with Gasteiger partial charge >= 0.3 is 5.69 Å². The first-order valence-corrected chi connectivity index (χ1v) is 13.4. The number of ether oxygens (including phenoxy) is 1. The highest BCUT2D eigenvalue weighted by Gasteiger charge is 2.31. The SMILES string of the molecule is C=CC(CC)(CCCCCO)CCCCOCCCCC(C=C)(CC)n1c(O)cn(CC)c1=O. The molecule has 0 aliphatic heterocycles. The summed E-state index contributed by atoms with van der Waals surface area (Å²) in [4.78, 5) is 12.7. The van der Waals surface area contributed by atoms with Crippen LogP contribution in [0.25, 0.3) is 0 Å². The van der Waals surface area contributed by atoms with E-state index < -0.39 is 5.54 Å². The fourth-order valence-corrected chi connectivity index (χ4v) is 4.92. The minimum Gasteiger partial charge on any atom is -0.493 e. The predicted octanol–water partition coefficient (Wildman–Crippen LogP) is 6.16. The van der Waals surface area contributed by atoms with Crippen LogP contribution in [0.3, 0.4) is 0 Å². The summed E-state index contributed by atoms with van der Waals surface area (Å²) < 4.78 is 8.91. The molecule has 0 fully saturated rings. The molecule has 0 aliphatic rings. The van der Waals surface area contributed by atoms with E-state index in [1.165, 1.54) is 15.3 Å². The molecule has 34 heavy (non-hydrogen) atoms. The number of imidazole rings is 1. The lowest BCUT2D eigenvalue weighted by Crippen LogP contribution is -2.39. The van der Waals surface area contributed by atoms with Gasteiger partial charge in [0, 0.05) is 26.4 Å². The Morgan fingerprint density at radius 1 is 0.912 bits per heavy atom. The number of allylic oxidation sites excluding steroid dienone is 2. The first-order chi connectivity index (χ1) is 16.4. The van der Waals surface area contributed by atoms with Crippen LogP contribution < -0.4 is 5.69 Å². The minimum atomic E-state index is -0.576. The largest absolute Gasteiger partial charge is 0.493 e. The number of aromatic nitrogens is 2. The molecular formula is C28H50N2O4. The Balaban J connectivity index is 2.38. The van der Waals surface area contributed by atoms with Gasteiger partial charge in [-0.1, -0.05) is 45.3 Å². The number of unbranched alkanes of at least 4 members (excludes halogenated alkanes) is 4. The van der Waals surface area contributed by atoms with Gasteiger partial charge in [-0.15, -0.1) is 13.2 Å². The second-order valence-electron chi connectivity index (χ2n) is 9.53. The summed E-state index contributed by atoms with van der Waals surface area (Å²) in [5.41, 5.74) is -0.550. The molecule has 0 amide bonds. The third kappa shape index (κ3) is 8.46. The fraction of sp³-hybridized carbons (Fsp3) is 0.750. The summed E-state index contributed by atoms with van der Waals surface area (Å²) in [6.07, 6.45) is 17.4. The summed E-state index contributed by atoms with van der Waals surface area (Å²) in [5, 5.41) is 19.4. The van der Waals surface area contributed by atoms with Gasteiger partial charge in [-0.25, -0.2) is 4.79 Å². The Kier molecular flexibility index (Phi) is 14.2. The molecule has 1 aromatic rings. The van der Waals surface area contributed by atoms with Crippen molar-refractivity contribution in [2.45, 2.75) is 110 Å². The van der Waals surface area contributed by atoms with Gasteiger partial charge in [0.15, 0.2) is 0 Å². The first-order valence-electron chi connectivity index (χ1n) is 13.4. The van der Waals surface area contributed by atoms with E-state index in [9.17, 15) is 9.90 Å². The first kappa shape index (κ1) is 30.2. The maximum absolute atomic E-state index is 12.7. The molecule has 0 spiro atoms. The summed E-state index contributed by atoms with van der Waals surface area (Å²) in [5.74, 6) is 0.000857. The Hall–Kier alpha value is -1.79. The van der Waals surface area contributed by atoms with Crippen molar-refractivity contribution in [1.29, 1.82) is 0 Å². The zero-order valence-corrected chi connectivity index (χ0v) is 22.1. The van der Waals surface area contributed by atoms with Crippen molar-refractivity contribution in [2.75, 3.05) is 19.8 Å². The molecule has 1 heterocycles. The average Bonchev–Trinajstić information content (AvgIpc) is 3.15. The normalized spacial score (nSPS) is 15.1. The van der Waals surface area contributed by atoms with E-state index in [1.807, 2.05) is 13.8 Å². The smallest absolute Gasteiger partial charge is 0.331 e.